The summed E-state index contributed by atoms with van der Waals surface area (Å²) in [7, 11) is 0. The minimum Gasteiger partial charge on any atom is -0.374 e. The van der Waals surface area contributed by atoms with Crippen LogP contribution in [0, 0.1) is 5.92 Å². The molecule has 2 fully saturated rings. The highest BCUT2D eigenvalue weighted by atomic mass is 16.5. The molecule has 1 saturated heterocycles. The van der Waals surface area contributed by atoms with E-state index in [9.17, 15) is 0 Å². The number of nitrogens with zero attached hydrogens (tertiary/aromatic N) is 1. The van der Waals surface area contributed by atoms with E-state index in [0.29, 0.717) is 12.1 Å². The smallest absolute Gasteiger partial charge is 0.0855 e. The molecule has 2 unspecified atom stereocenters. The van der Waals surface area contributed by atoms with Crippen LogP contribution in [0.15, 0.2) is 0 Å². The lowest BCUT2D eigenvalue weighted by Gasteiger charge is -2.38. The van der Waals surface area contributed by atoms with Crippen LogP contribution in [0.5, 0.6) is 0 Å². The Labute approximate surface area is 125 Å². The molecule has 1 saturated carbocycles. The molecule has 0 spiro atoms. The van der Waals surface area contributed by atoms with Gasteiger partial charge in [-0.1, -0.05) is 46.0 Å². The molecule has 1 heterocycles. The van der Waals surface area contributed by atoms with Crippen molar-refractivity contribution in [1.82, 2.24) is 10.2 Å². The van der Waals surface area contributed by atoms with Crippen LogP contribution in [0.1, 0.15) is 58.8 Å². The average Bonchev–Trinajstić information content (AvgIpc) is 2.52. The largest absolute Gasteiger partial charge is 0.374 e. The van der Waals surface area contributed by atoms with Crippen LogP contribution in [0.4, 0.5) is 0 Å². The van der Waals surface area contributed by atoms with Crippen LogP contribution in [0.25, 0.3) is 0 Å². The van der Waals surface area contributed by atoms with E-state index in [1.54, 1.807) is 0 Å². The van der Waals surface area contributed by atoms with Gasteiger partial charge in [0.25, 0.3) is 0 Å². The van der Waals surface area contributed by atoms with E-state index in [2.05, 4.69) is 24.1 Å². The third-order valence-electron chi connectivity index (χ3n) is 5.04. The average molecular weight is 282 g/mol. The topological polar surface area (TPSA) is 24.5 Å². The first kappa shape index (κ1) is 16.3. The minimum atomic E-state index is 0.400. The molecule has 0 aromatic rings. The molecular formula is C17H34N2O. The zero-order valence-electron chi connectivity index (χ0n) is 13.6. The van der Waals surface area contributed by atoms with E-state index in [4.69, 9.17) is 4.74 Å². The van der Waals surface area contributed by atoms with Crippen LogP contribution in [-0.2, 0) is 4.74 Å². The second kappa shape index (κ2) is 9.01. The fourth-order valence-electron chi connectivity index (χ4n) is 3.74. The van der Waals surface area contributed by atoms with Gasteiger partial charge in [-0.3, -0.25) is 4.90 Å². The van der Waals surface area contributed by atoms with Crippen LogP contribution >= 0.6 is 0 Å². The van der Waals surface area contributed by atoms with Crippen LogP contribution < -0.4 is 5.32 Å². The molecular weight excluding hydrogens is 248 g/mol. The van der Waals surface area contributed by atoms with Gasteiger partial charge in [-0.15, -0.1) is 0 Å². The van der Waals surface area contributed by atoms with Gasteiger partial charge in [0, 0.05) is 19.1 Å². The summed E-state index contributed by atoms with van der Waals surface area (Å²) < 4.78 is 6.11. The Kier molecular flexibility index (Phi) is 7.32. The Balaban J connectivity index is 1.87. The number of rotatable bonds is 7. The lowest BCUT2D eigenvalue weighted by molar-refractivity contribution is -0.0492. The van der Waals surface area contributed by atoms with E-state index in [0.717, 1.165) is 38.7 Å². The molecule has 1 aliphatic carbocycles. The van der Waals surface area contributed by atoms with E-state index in [1.807, 2.05) is 0 Å². The van der Waals surface area contributed by atoms with Crippen LogP contribution in [0.3, 0.4) is 0 Å². The Morgan fingerprint density at radius 2 is 2.00 bits per heavy atom. The molecule has 3 heteroatoms. The van der Waals surface area contributed by atoms with E-state index in [1.165, 1.54) is 44.9 Å². The van der Waals surface area contributed by atoms with Gasteiger partial charge in [0.2, 0.25) is 0 Å². The first-order chi connectivity index (χ1) is 9.83. The zero-order chi connectivity index (χ0) is 14.2. The first-order valence-electron chi connectivity index (χ1n) is 8.90. The molecule has 2 atom stereocenters. The molecule has 0 amide bonds. The third kappa shape index (κ3) is 5.01. The van der Waals surface area contributed by atoms with E-state index in [-0.39, 0.29) is 0 Å². The standard InChI is InChI=1S/C17H34N2O/c1-3-10-18-16(13-15-8-6-5-7-9-15)17-14-19(4-2)11-12-20-17/h15-18H,3-14H2,1-2H3. The van der Waals surface area contributed by atoms with Gasteiger partial charge >= 0.3 is 0 Å². The summed E-state index contributed by atoms with van der Waals surface area (Å²) in [6.07, 6.45) is 10.1. The van der Waals surface area contributed by atoms with Crippen molar-refractivity contribution >= 4 is 0 Å². The minimum absolute atomic E-state index is 0.400. The lowest BCUT2D eigenvalue weighted by atomic mass is 9.83. The zero-order valence-corrected chi connectivity index (χ0v) is 13.6. The van der Waals surface area contributed by atoms with Gasteiger partial charge in [0.15, 0.2) is 0 Å². The van der Waals surface area contributed by atoms with Crippen molar-refractivity contribution in [3.63, 3.8) is 0 Å². The quantitative estimate of drug-likeness (QED) is 0.777. The van der Waals surface area contributed by atoms with Crippen molar-refractivity contribution in [2.45, 2.75) is 70.9 Å². The molecule has 0 aromatic heterocycles. The highest BCUT2D eigenvalue weighted by Gasteiger charge is 2.29. The van der Waals surface area contributed by atoms with Gasteiger partial charge in [0.05, 0.1) is 12.7 Å². The SMILES string of the molecule is CCCNC(CC1CCCCC1)C1CN(CC)CCO1. The summed E-state index contributed by atoms with van der Waals surface area (Å²) in [5.74, 6) is 0.929. The molecule has 2 rings (SSSR count). The molecule has 1 aliphatic heterocycles. The number of nitrogens with one attached hydrogen (secondary N) is 1. The maximum Gasteiger partial charge on any atom is 0.0855 e. The van der Waals surface area contributed by atoms with E-state index < -0.39 is 0 Å². The normalized spacial score (nSPS) is 27.6. The van der Waals surface area contributed by atoms with Gasteiger partial charge in [-0.05, 0) is 31.8 Å². The fraction of sp³-hybridized carbons (Fsp3) is 1.00. The monoisotopic (exact) mass is 282 g/mol. The van der Waals surface area contributed by atoms with E-state index >= 15 is 0 Å². The first-order valence-corrected chi connectivity index (χ1v) is 8.90. The predicted octanol–water partition coefficient (Wildman–Crippen LogP) is 3.05. The molecule has 0 radical (unpaired) electrons. The highest BCUT2D eigenvalue weighted by Crippen LogP contribution is 2.29. The molecule has 0 aromatic carbocycles. The van der Waals surface area contributed by atoms with Crippen LogP contribution in [-0.4, -0.2) is 49.8 Å². The molecule has 20 heavy (non-hydrogen) atoms. The number of ether oxygens (including phenoxy) is 1. The highest BCUT2D eigenvalue weighted by molar-refractivity contribution is 4.85. The van der Waals surface area contributed by atoms with Crippen LogP contribution in [0.2, 0.25) is 0 Å². The fourth-order valence-corrected chi connectivity index (χ4v) is 3.74. The summed E-state index contributed by atoms with van der Waals surface area (Å²) in [4.78, 5) is 2.54. The van der Waals surface area contributed by atoms with Crippen molar-refractivity contribution in [3.8, 4) is 0 Å². The Bertz CT molecular complexity index is 253. The van der Waals surface area contributed by atoms with Gasteiger partial charge < -0.3 is 10.1 Å². The number of likely N-dealkylation sites (N-methyl/N-ethyl adjacent to an activating group) is 1. The molecule has 2 aliphatic rings. The Hall–Kier alpha value is -0.120. The molecule has 118 valence electrons. The van der Waals surface area contributed by atoms with Crippen molar-refractivity contribution in [1.29, 1.82) is 0 Å². The van der Waals surface area contributed by atoms with Gasteiger partial charge in [0.1, 0.15) is 0 Å². The van der Waals surface area contributed by atoms with Gasteiger partial charge in [-0.25, -0.2) is 0 Å². The molecule has 0 bridgehead atoms. The third-order valence-corrected chi connectivity index (χ3v) is 5.04. The van der Waals surface area contributed by atoms with Crippen molar-refractivity contribution in [2.24, 2.45) is 5.92 Å². The number of hydrogen-bond donors (Lipinski definition) is 1. The summed E-state index contributed by atoms with van der Waals surface area (Å²) >= 11 is 0. The summed E-state index contributed by atoms with van der Waals surface area (Å²) in [6.45, 7) is 9.94. The second-order valence-electron chi connectivity index (χ2n) is 6.60. The van der Waals surface area contributed by atoms with Crippen molar-refractivity contribution in [2.75, 3.05) is 32.8 Å². The number of morpholine rings is 1. The van der Waals surface area contributed by atoms with Gasteiger partial charge in [-0.2, -0.15) is 0 Å². The maximum absolute atomic E-state index is 6.11. The maximum atomic E-state index is 6.11. The summed E-state index contributed by atoms with van der Waals surface area (Å²) in [5.41, 5.74) is 0. The molecule has 1 N–H and O–H groups in total. The predicted molar refractivity (Wildman–Crippen MR) is 85.1 cm³/mol. The summed E-state index contributed by atoms with van der Waals surface area (Å²) in [6, 6.07) is 0.562. The summed E-state index contributed by atoms with van der Waals surface area (Å²) in [5, 5.41) is 3.78. The second-order valence-corrected chi connectivity index (χ2v) is 6.60. The van der Waals surface area contributed by atoms with Crippen molar-refractivity contribution in [3.05, 3.63) is 0 Å². The lowest BCUT2D eigenvalue weighted by Crippen LogP contribution is -2.53. The Morgan fingerprint density at radius 1 is 1.20 bits per heavy atom. The Morgan fingerprint density at radius 3 is 2.70 bits per heavy atom. The number of hydrogen-bond acceptors (Lipinski definition) is 3. The molecule has 3 nitrogen and oxygen atoms in total. The van der Waals surface area contributed by atoms with Crippen molar-refractivity contribution < 1.29 is 4.74 Å².